The van der Waals surface area contributed by atoms with Gasteiger partial charge in [0.05, 0.1) is 6.42 Å². The van der Waals surface area contributed by atoms with Gasteiger partial charge in [-0.25, -0.2) is 0 Å². The van der Waals surface area contributed by atoms with Crippen molar-refractivity contribution in [1.82, 2.24) is 9.88 Å². The first-order valence-corrected chi connectivity index (χ1v) is 6.12. The minimum Gasteiger partial charge on any atom is -0.481 e. The SMILES string of the molecule is CN(C)C(=O)c1cc(N2CC(CC(=O)O)C2)ccn1. The molecule has 1 aliphatic heterocycles. The smallest absolute Gasteiger partial charge is 0.303 e. The fourth-order valence-electron chi connectivity index (χ4n) is 2.12. The highest BCUT2D eigenvalue weighted by Gasteiger charge is 2.29. The van der Waals surface area contributed by atoms with E-state index in [1.807, 2.05) is 6.07 Å². The van der Waals surface area contributed by atoms with Gasteiger partial charge in [0.2, 0.25) is 0 Å². The fraction of sp³-hybridized carbons (Fsp3) is 0.462. The van der Waals surface area contributed by atoms with E-state index in [1.54, 1.807) is 26.4 Å². The quantitative estimate of drug-likeness (QED) is 0.865. The summed E-state index contributed by atoms with van der Waals surface area (Å²) in [6.45, 7) is 1.43. The number of carboxylic acid groups (broad SMARTS) is 1. The highest BCUT2D eigenvalue weighted by atomic mass is 16.4. The van der Waals surface area contributed by atoms with Crippen molar-refractivity contribution in [3.05, 3.63) is 24.0 Å². The minimum atomic E-state index is -0.761. The molecule has 0 aliphatic carbocycles. The van der Waals surface area contributed by atoms with Gasteiger partial charge in [0.15, 0.2) is 0 Å². The van der Waals surface area contributed by atoms with Gasteiger partial charge in [-0.05, 0) is 12.1 Å². The number of carbonyl (C=O) groups is 2. The van der Waals surface area contributed by atoms with E-state index in [-0.39, 0.29) is 18.2 Å². The van der Waals surface area contributed by atoms with Crippen molar-refractivity contribution in [2.45, 2.75) is 6.42 Å². The third-order valence-electron chi connectivity index (χ3n) is 3.15. The van der Waals surface area contributed by atoms with Gasteiger partial charge < -0.3 is 14.9 Å². The zero-order valence-corrected chi connectivity index (χ0v) is 11.0. The number of rotatable bonds is 4. The molecule has 1 saturated heterocycles. The number of aliphatic carboxylic acids is 1. The average Bonchev–Trinajstić information content (AvgIpc) is 2.32. The van der Waals surface area contributed by atoms with Crippen LogP contribution >= 0.6 is 0 Å². The van der Waals surface area contributed by atoms with E-state index >= 15 is 0 Å². The first-order chi connectivity index (χ1) is 8.97. The molecule has 6 heteroatoms. The maximum Gasteiger partial charge on any atom is 0.303 e. The number of aromatic nitrogens is 1. The van der Waals surface area contributed by atoms with Crippen molar-refractivity contribution in [3.8, 4) is 0 Å². The Bertz CT molecular complexity index is 496. The van der Waals surface area contributed by atoms with Crippen LogP contribution < -0.4 is 4.90 Å². The molecule has 0 aromatic carbocycles. The summed E-state index contributed by atoms with van der Waals surface area (Å²) in [6, 6.07) is 3.59. The Morgan fingerprint density at radius 3 is 2.74 bits per heavy atom. The molecule has 2 heterocycles. The maximum atomic E-state index is 11.8. The number of anilines is 1. The van der Waals surface area contributed by atoms with Crippen LogP contribution in [0.15, 0.2) is 18.3 Å². The van der Waals surface area contributed by atoms with Crippen molar-refractivity contribution in [2.75, 3.05) is 32.1 Å². The molecule has 1 aromatic rings. The number of carbonyl (C=O) groups excluding carboxylic acids is 1. The van der Waals surface area contributed by atoms with E-state index in [1.165, 1.54) is 4.90 Å². The van der Waals surface area contributed by atoms with E-state index in [0.717, 1.165) is 5.69 Å². The zero-order chi connectivity index (χ0) is 14.0. The summed E-state index contributed by atoms with van der Waals surface area (Å²) in [5.74, 6) is -0.703. The zero-order valence-electron chi connectivity index (χ0n) is 11.0. The second kappa shape index (κ2) is 5.26. The molecule has 0 radical (unpaired) electrons. The lowest BCUT2D eigenvalue weighted by Crippen LogP contribution is -2.47. The third-order valence-corrected chi connectivity index (χ3v) is 3.15. The van der Waals surface area contributed by atoms with Crippen molar-refractivity contribution < 1.29 is 14.7 Å². The molecule has 0 saturated carbocycles. The van der Waals surface area contributed by atoms with Crippen molar-refractivity contribution in [1.29, 1.82) is 0 Å². The number of hydrogen-bond acceptors (Lipinski definition) is 4. The van der Waals surface area contributed by atoms with E-state index in [4.69, 9.17) is 5.11 Å². The molecule has 102 valence electrons. The monoisotopic (exact) mass is 263 g/mol. The Kier molecular flexibility index (Phi) is 3.69. The molecular formula is C13H17N3O3. The highest BCUT2D eigenvalue weighted by molar-refractivity contribution is 5.92. The Hall–Kier alpha value is -2.11. The van der Waals surface area contributed by atoms with Crippen molar-refractivity contribution in [2.24, 2.45) is 5.92 Å². The molecule has 19 heavy (non-hydrogen) atoms. The Morgan fingerprint density at radius 1 is 1.47 bits per heavy atom. The van der Waals surface area contributed by atoms with Crippen LogP contribution in [-0.4, -0.2) is 54.1 Å². The summed E-state index contributed by atoms with van der Waals surface area (Å²) in [7, 11) is 3.37. The first-order valence-electron chi connectivity index (χ1n) is 6.12. The topological polar surface area (TPSA) is 73.7 Å². The summed E-state index contributed by atoms with van der Waals surface area (Å²) in [4.78, 5) is 30.0. The maximum absolute atomic E-state index is 11.8. The molecule has 2 rings (SSSR count). The van der Waals surface area contributed by atoms with E-state index in [2.05, 4.69) is 9.88 Å². The summed E-state index contributed by atoms with van der Waals surface area (Å²) in [5, 5.41) is 8.70. The summed E-state index contributed by atoms with van der Waals surface area (Å²) in [5.41, 5.74) is 1.33. The largest absolute Gasteiger partial charge is 0.481 e. The molecule has 0 spiro atoms. The Morgan fingerprint density at radius 2 is 2.16 bits per heavy atom. The predicted octanol–water partition coefficient (Wildman–Crippen LogP) is 0.694. The molecule has 0 atom stereocenters. The number of hydrogen-bond donors (Lipinski definition) is 1. The minimum absolute atomic E-state index is 0.135. The first kappa shape index (κ1) is 13.3. The van der Waals surface area contributed by atoms with Crippen LogP contribution in [0.1, 0.15) is 16.9 Å². The van der Waals surface area contributed by atoms with Gasteiger partial charge in [-0.3, -0.25) is 14.6 Å². The van der Waals surface area contributed by atoms with Gasteiger partial charge >= 0.3 is 5.97 Å². The van der Waals surface area contributed by atoms with Gasteiger partial charge in [-0.2, -0.15) is 0 Å². The van der Waals surface area contributed by atoms with E-state index in [9.17, 15) is 9.59 Å². The van der Waals surface area contributed by atoms with Crippen LogP contribution in [0.25, 0.3) is 0 Å². The standard InChI is InChI=1S/C13H17N3O3/c1-15(2)13(19)11-6-10(3-4-14-11)16-7-9(8-16)5-12(17)18/h3-4,6,9H,5,7-8H2,1-2H3,(H,17,18). The second-order valence-electron chi connectivity index (χ2n) is 4.97. The van der Waals surface area contributed by atoms with Gasteiger partial charge in [0, 0.05) is 45.0 Å². The van der Waals surface area contributed by atoms with Crippen LogP contribution in [0.4, 0.5) is 5.69 Å². The number of amides is 1. The predicted molar refractivity (Wildman–Crippen MR) is 70.2 cm³/mol. The van der Waals surface area contributed by atoms with Crippen LogP contribution in [-0.2, 0) is 4.79 Å². The molecule has 0 unspecified atom stereocenters. The lowest BCUT2D eigenvalue weighted by Gasteiger charge is -2.40. The van der Waals surface area contributed by atoms with Crippen LogP contribution in [0, 0.1) is 5.92 Å². The molecule has 6 nitrogen and oxygen atoms in total. The summed E-state index contributed by atoms with van der Waals surface area (Å²) < 4.78 is 0. The van der Waals surface area contributed by atoms with Crippen molar-refractivity contribution in [3.63, 3.8) is 0 Å². The summed E-state index contributed by atoms with van der Waals surface area (Å²) in [6.07, 6.45) is 1.81. The number of carboxylic acids is 1. The van der Waals surface area contributed by atoms with E-state index < -0.39 is 5.97 Å². The Balaban J connectivity index is 2.01. The van der Waals surface area contributed by atoms with E-state index in [0.29, 0.717) is 18.8 Å². The Labute approximate surface area is 111 Å². The van der Waals surface area contributed by atoms with Gasteiger partial charge in [0.25, 0.3) is 5.91 Å². The summed E-state index contributed by atoms with van der Waals surface area (Å²) >= 11 is 0. The van der Waals surface area contributed by atoms with Crippen LogP contribution in [0.5, 0.6) is 0 Å². The number of nitrogens with zero attached hydrogens (tertiary/aromatic N) is 3. The lowest BCUT2D eigenvalue weighted by molar-refractivity contribution is -0.138. The fourth-order valence-corrected chi connectivity index (χ4v) is 2.12. The second-order valence-corrected chi connectivity index (χ2v) is 4.97. The molecular weight excluding hydrogens is 246 g/mol. The third kappa shape index (κ3) is 3.01. The molecule has 1 aliphatic rings. The highest BCUT2D eigenvalue weighted by Crippen LogP contribution is 2.26. The molecule has 1 N–H and O–H groups in total. The molecule has 1 aromatic heterocycles. The number of pyridine rings is 1. The van der Waals surface area contributed by atoms with Gasteiger partial charge in [-0.15, -0.1) is 0 Å². The average molecular weight is 263 g/mol. The van der Waals surface area contributed by atoms with Gasteiger partial charge in [-0.1, -0.05) is 0 Å². The normalized spacial score (nSPS) is 14.9. The van der Waals surface area contributed by atoms with Crippen LogP contribution in [0.3, 0.4) is 0 Å². The molecule has 0 bridgehead atoms. The lowest BCUT2D eigenvalue weighted by atomic mass is 9.96. The molecule has 1 amide bonds. The van der Waals surface area contributed by atoms with Crippen LogP contribution in [0.2, 0.25) is 0 Å². The van der Waals surface area contributed by atoms with Crippen molar-refractivity contribution >= 4 is 17.6 Å². The molecule has 1 fully saturated rings. The van der Waals surface area contributed by atoms with Gasteiger partial charge in [0.1, 0.15) is 5.69 Å².